The zero-order valence-electron chi connectivity index (χ0n) is 6.67. The third kappa shape index (κ3) is 2.67. The molecule has 0 radical (unpaired) electrons. The number of nitrogens with zero attached hydrogens (tertiary/aromatic N) is 2. The lowest BCUT2D eigenvalue weighted by Crippen LogP contribution is -1.90. The molecule has 4 heteroatoms. The number of aromatic nitrogens is 3. The van der Waals surface area contributed by atoms with E-state index in [4.69, 9.17) is 5.11 Å². The summed E-state index contributed by atoms with van der Waals surface area (Å²) in [5, 5.41) is 15.2. The smallest absolute Gasteiger partial charge is 0.150 e. The normalized spacial score (nSPS) is 10.4. The lowest BCUT2D eigenvalue weighted by atomic mass is 10.2. The topological polar surface area (TPSA) is 61.8 Å². The molecule has 0 saturated heterocycles. The van der Waals surface area contributed by atoms with Crippen molar-refractivity contribution in [3.8, 4) is 0 Å². The summed E-state index contributed by atoms with van der Waals surface area (Å²) in [6.07, 6.45) is 2.63. The van der Waals surface area contributed by atoms with Gasteiger partial charge in [-0.15, -0.1) is 0 Å². The first-order chi connectivity index (χ1) is 5.33. The van der Waals surface area contributed by atoms with Gasteiger partial charge in [-0.2, -0.15) is 5.10 Å². The minimum absolute atomic E-state index is 0.253. The van der Waals surface area contributed by atoms with E-state index < -0.39 is 0 Å². The van der Waals surface area contributed by atoms with Crippen LogP contribution in [0.1, 0.15) is 24.5 Å². The predicted octanol–water partition coefficient (Wildman–Crippen LogP) is 0.428. The fourth-order valence-corrected chi connectivity index (χ4v) is 0.896. The first-order valence-electron chi connectivity index (χ1n) is 3.81. The Kier molecular flexibility index (Phi) is 3.04. The van der Waals surface area contributed by atoms with Crippen LogP contribution in [-0.2, 0) is 6.42 Å². The van der Waals surface area contributed by atoms with Gasteiger partial charge in [-0.05, 0) is 19.8 Å². The second-order valence-electron chi connectivity index (χ2n) is 2.52. The van der Waals surface area contributed by atoms with Crippen LogP contribution in [0.2, 0.25) is 0 Å². The number of aromatic amines is 1. The van der Waals surface area contributed by atoms with Crippen LogP contribution in [0.25, 0.3) is 0 Å². The molecule has 4 nitrogen and oxygen atoms in total. The first kappa shape index (κ1) is 8.20. The Morgan fingerprint density at radius 2 is 2.27 bits per heavy atom. The molecule has 0 aromatic carbocycles. The van der Waals surface area contributed by atoms with Crippen molar-refractivity contribution in [3.63, 3.8) is 0 Å². The number of H-pyrrole nitrogens is 1. The molecule has 1 heterocycles. The average Bonchev–Trinajstić information content (AvgIpc) is 2.37. The van der Waals surface area contributed by atoms with Crippen molar-refractivity contribution in [2.75, 3.05) is 6.61 Å². The van der Waals surface area contributed by atoms with E-state index in [1.165, 1.54) is 0 Å². The van der Waals surface area contributed by atoms with Crippen molar-refractivity contribution in [1.82, 2.24) is 15.2 Å². The van der Waals surface area contributed by atoms with Gasteiger partial charge in [-0.25, -0.2) is 4.98 Å². The van der Waals surface area contributed by atoms with Crippen molar-refractivity contribution in [2.45, 2.75) is 26.2 Å². The number of aryl methyl sites for hydroxylation is 2. The third-order valence-corrected chi connectivity index (χ3v) is 1.45. The molecule has 0 fully saturated rings. The van der Waals surface area contributed by atoms with Crippen LogP contribution in [0.5, 0.6) is 0 Å². The molecule has 11 heavy (non-hydrogen) atoms. The Balaban J connectivity index is 2.27. The van der Waals surface area contributed by atoms with Crippen LogP contribution in [0.4, 0.5) is 0 Å². The van der Waals surface area contributed by atoms with Gasteiger partial charge in [-0.3, -0.25) is 5.10 Å². The second-order valence-corrected chi connectivity index (χ2v) is 2.52. The van der Waals surface area contributed by atoms with E-state index in [1.54, 1.807) is 0 Å². The zero-order chi connectivity index (χ0) is 8.10. The first-order valence-corrected chi connectivity index (χ1v) is 3.81. The van der Waals surface area contributed by atoms with Crippen LogP contribution < -0.4 is 0 Å². The molecule has 0 saturated carbocycles. The molecular formula is C7H13N3O. The lowest BCUT2D eigenvalue weighted by Gasteiger charge is -1.91. The third-order valence-electron chi connectivity index (χ3n) is 1.45. The minimum Gasteiger partial charge on any atom is -0.396 e. The summed E-state index contributed by atoms with van der Waals surface area (Å²) in [4.78, 5) is 4.13. The standard InChI is InChI=1S/C7H13N3O/c1-6-8-7(10-9-6)4-2-3-5-11/h11H,2-5H2,1H3,(H,8,9,10). The van der Waals surface area contributed by atoms with Gasteiger partial charge in [-0.1, -0.05) is 0 Å². The van der Waals surface area contributed by atoms with Gasteiger partial charge < -0.3 is 5.11 Å². The summed E-state index contributed by atoms with van der Waals surface area (Å²) in [6.45, 7) is 2.13. The summed E-state index contributed by atoms with van der Waals surface area (Å²) in [5.74, 6) is 1.69. The summed E-state index contributed by atoms with van der Waals surface area (Å²) < 4.78 is 0. The molecule has 1 aromatic rings. The molecule has 1 rings (SSSR count). The largest absolute Gasteiger partial charge is 0.396 e. The van der Waals surface area contributed by atoms with Gasteiger partial charge in [0, 0.05) is 13.0 Å². The fraction of sp³-hybridized carbons (Fsp3) is 0.714. The highest BCUT2D eigenvalue weighted by atomic mass is 16.2. The summed E-state index contributed by atoms with van der Waals surface area (Å²) in [7, 11) is 0. The Bertz CT molecular complexity index is 209. The van der Waals surface area contributed by atoms with E-state index in [9.17, 15) is 0 Å². The Morgan fingerprint density at radius 3 is 2.82 bits per heavy atom. The predicted molar refractivity (Wildman–Crippen MR) is 41.1 cm³/mol. The van der Waals surface area contributed by atoms with Crippen molar-refractivity contribution in [1.29, 1.82) is 0 Å². The van der Waals surface area contributed by atoms with Crippen LogP contribution in [0.15, 0.2) is 0 Å². The number of nitrogens with one attached hydrogen (secondary N) is 1. The van der Waals surface area contributed by atoms with Crippen LogP contribution in [0.3, 0.4) is 0 Å². The Labute approximate surface area is 65.7 Å². The monoisotopic (exact) mass is 155 g/mol. The molecule has 0 aliphatic heterocycles. The van der Waals surface area contributed by atoms with E-state index in [2.05, 4.69) is 15.2 Å². The van der Waals surface area contributed by atoms with E-state index in [0.29, 0.717) is 0 Å². The molecule has 0 amide bonds. The van der Waals surface area contributed by atoms with Gasteiger partial charge in [0.15, 0.2) is 5.82 Å². The van der Waals surface area contributed by atoms with E-state index >= 15 is 0 Å². The van der Waals surface area contributed by atoms with Crippen LogP contribution >= 0.6 is 0 Å². The molecular weight excluding hydrogens is 142 g/mol. The van der Waals surface area contributed by atoms with Crippen molar-refractivity contribution >= 4 is 0 Å². The van der Waals surface area contributed by atoms with Gasteiger partial charge in [0.05, 0.1) is 0 Å². The molecule has 62 valence electrons. The fourth-order valence-electron chi connectivity index (χ4n) is 0.896. The number of aliphatic hydroxyl groups excluding tert-OH is 1. The van der Waals surface area contributed by atoms with Gasteiger partial charge in [0.25, 0.3) is 0 Å². The molecule has 0 aliphatic rings. The minimum atomic E-state index is 0.253. The summed E-state index contributed by atoms with van der Waals surface area (Å²) in [5.41, 5.74) is 0. The molecule has 1 aromatic heterocycles. The molecule has 2 N–H and O–H groups in total. The molecule has 0 aliphatic carbocycles. The maximum Gasteiger partial charge on any atom is 0.150 e. The SMILES string of the molecule is Cc1nc(CCCCO)n[nH]1. The number of unbranched alkanes of at least 4 members (excludes halogenated alkanes) is 1. The number of hydrogen-bond donors (Lipinski definition) is 2. The van der Waals surface area contributed by atoms with Gasteiger partial charge in [0.2, 0.25) is 0 Å². The van der Waals surface area contributed by atoms with Gasteiger partial charge in [0.1, 0.15) is 5.82 Å². The Hall–Kier alpha value is -0.900. The molecule has 0 spiro atoms. The number of aliphatic hydroxyl groups is 1. The quantitative estimate of drug-likeness (QED) is 0.620. The van der Waals surface area contributed by atoms with Crippen molar-refractivity contribution < 1.29 is 5.11 Å². The number of hydrogen-bond acceptors (Lipinski definition) is 3. The molecule has 0 bridgehead atoms. The highest BCUT2D eigenvalue weighted by Crippen LogP contribution is 1.97. The van der Waals surface area contributed by atoms with Crippen LogP contribution in [0, 0.1) is 6.92 Å². The zero-order valence-corrected chi connectivity index (χ0v) is 6.67. The highest BCUT2D eigenvalue weighted by Gasteiger charge is 1.97. The van der Waals surface area contributed by atoms with E-state index in [1.807, 2.05) is 6.92 Å². The van der Waals surface area contributed by atoms with Gasteiger partial charge >= 0.3 is 0 Å². The lowest BCUT2D eigenvalue weighted by molar-refractivity contribution is 0.284. The van der Waals surface area contributed by atoms with E-state index in [0.717, 1.165) is 30.9 Å². The van der Waals surface area contributed by atoms with E-state index in [-0.39, 0.29) is 6.61 Å². The molecule has 0 atom stereocenters. The number of rotatable bonds is 4. The average molecular weight is 155 g/mol. The Morgan fingerprint density at radius 1 is 1.45 bits per heavy atom. The maximum atomic E-state index is 8.50. The van der Waals surface area contributed by atoms with Crippen LogP contribution in [-0.4, -0.2) is 26.9 Å². The molecule has 0 unspecified atom stereocenters. The highest BCUT2D eigenvalue weighted by molar-refractivity contribution is 4.87. The maximum absolute atomic E-state index is 8.50. The summed E-state index contributed by atoms with van der Waals surface area (Å²) >= 11 is 0. The van der Waals surface area contributed by atoms with Crippen molar-refractivity contribution in [3.05, 3.63) is 11.6 Å². The second kappa shape index (κ2) is 4.08. The van der Waals surface area contributed by atoms with Crippen molar-refractivity contribution in [2.24, 2.45) is 0 Å². The summed E-state index contributed by atoms with van der Waals surface area (Å²) in [6, 6.07) is 0.